The van der Waals surface area contributed by atoms with Crippen molar-refractivity contribution in [2.24, 2.45) is 11.7 Å². The quantitative estimate of drug-likeness (QED) is 0.649. The van der Waals surface area contributed by atoms with Crippen molar-refractivity contribution in [1.29, 1.82) is 0 Å². The number of aliphatic hydroxyl groups is 1. The van der Waals surface area contributed by atoms with Crippen molar-refractivity contribution in [2.45, 2.75) is 32.3 Å². The fourth-order valence-corrected chi connectivity index (χ4v) is 1.75. The average Bonchev–Trinajstić information content (AvgIpc) is 2.15. The lowest BCUT2D eigenvalue weighted by Gasteiger charge is -2.34. The molecule has 5 heteroatoms. The van der Waals surface area contributed by atoms with E-state index in [0.29, 0.717) is 25.9 Å². The lowest BCUT2D eigenvalue weighted by molar-refractivity contribution is -0.150. The van der Waals surface area contributed by atoms with Gasteiger partial charge in [0.15, 0.2) is 0 Å². The molecular weight excluding hydrogens is 196 g/mol. The van der Waals surface area contributed by atoms with Crippen LogP contribution in [-0.2, 0) is 9.59 Å². The van der Waals surface area contributed by atoms with Crippen molar-refractivity contribution in [3.63, 3.8) is 0 Å². The zero-order valence-corrected chi connectivity index (χ0v) is 9.19. The molecule has 1 aliphatic rings. The van der Waals surface area contributed by atoms with Crippen LogP contribution < -0.4 is 5.73 Å². The summed E-state index contributed by atoms with van der Waals surface area (Å²) >= 11 is 0. The predicted molar refractivity (Wildman–Crippen MR) is 54.8 cm³/mol. The predicted octanol–water partition coefficient (Wildman–Crippen LogP) is -0.519. The van der Waals surface area contributed by atoms with Crippen LogP contribution in [0.3, 0.4) is 0 Å². The molecule has 86 valence electrons. The van der Waals surface area contributed by atoms with Crippen LogP contribution >= 0.6 is 0 Å². The van der Waals surface area contributed by atoms with E-state index in [9.17, 15) is 14.7 Å². The number of piperidine rings is 1. The van der Waals surface area contributed by atoms with Gasteiger partial charge in [-0.05, 0) is 26.7 Å². The van der Waals surface area contributed by atoms with Gasteiger partial charge in [-0.25, -0.2) is 0 Å². The molecule has 0 spiro atoms. The number of likely N-dealkylation sites (tertiary alicyclic amines) is 1. The Hall–Kier alpha value is -1.10. The summed E-state index contributed by atoms with van der Waals surface area (Å²) in [6, 6.07) is 0. The number of carbonyl (C=O) groups excluding carboxylic acids is 2. The van der Waals surface area contributed by atoms with E-state index in [1.807, 2.05) is 0 Å². The Bertz CT molecular complexity index is 262. The molecule has 5 nitrogen and oxygen atoms in total. The number of primary amides is 1. The molecule has 0 atom stereocenters. The molecule has 0 saturated carbocycles. The minimum Gasteiger partial charge on any atom is -0.381 e. The number of carbonyl (C=O) groups is 2. The third kappa shape index (κ3) is 2.92. The first kappa shape index (κ1) is 12.0. The number of amides is 2. The highest BCUT2D eigenvalue weighted by Gasteiger charge is 2.32. The van der Waals surface area contributed by atoms with Crippen molar-refractivity contribution >= 4 is 11.8 Å². The van der Waals surface area contributed by atoms with Gasteiger partial charge in [0.2, 0.25) is 5.91 Å². The maximum absolute atomic E-state index is 11.7. The molecule has 0 aromatic rings. The average molecular weight is 214 g/mol. The van der Waals surface area contributed by atoms with Crippen LogP contribution in [0.4, 0.5) is 0 Å². The maximum Gasteiger partial charge on any atom is 0.253 e. The molecule has 1 aliphatic heterocycles. The second kappa shape index (κ2) is 4.18. The van der Waals surface area contributed by atoms with Gasteiger partial charge in [-0.1, -0.05) is 0 Å². The molecular formula is C10H18N2O3. The first-order valence-corrected chi connectivity index (χ1v) is 5.13. The van der Waals surface area contributed by atoms with E-state index in [1.54, 1.807) is 4.90 Å². The van der Waals surface area contributed by atoms with E-state index in [1.165, 1.54) is 13.8 Å². The summed E-state index contributed by atoms with van der Waals surface area (Å²) in [7, 11) is 0. The number of rotatable bonds is 2. The van der Waals surface area contributed by atoms with Gasteiger partial charge in [0.05, 0.1) is 0 Å². The Morgan fingerprint density at radius 1 is 1.33 bits per heavy atom. The topological polar surface area (TPSA) is 83.6 Å². The highest BCUT2D eigenvalue weighted by molar-refractivity contribution is 5.84. The fraction of sp³-hybridized carbons (Fsp3) is 0.800. The summed E-state index contributed by atoms with van der Waals surface area (Å²) in [5.41, 5.74) is 3.85. The Balaban J connectivity index is 2.51. The third-order valence-electron chi connectivity index (χ3n) is 2.71. The van der Waals surface area contributed by atoms with Gasteiger partial charge < -0.3 is 15.7 Å². The Labute approximate surface area is 89.2 Å². The molecule has 3 N–H and O–H groups in total. The molecule has 0 aromatic carbocycles. The lowest BCUT2D eigenvalue weighted by Crippen LogP contribution is -2.49. The molecule has 0 unspecified atom stereocenters. The molecule has 1 rings (SSSR count). The van der Waals surface area contributed by atoms with Crippen LogP contribution in [0.25, 0.3) is 0 Å². The number of nitrogens with zero attached hydrogens (tertiary/aromatic N) is 1. The minimum atomic E-state index is -1.33. The standard InChI is InChI=1S/C10H18N2O3/c1-10(2,15)9(14)12-5-3-7(4-6-12)8(11)13/h7,15H,3-6H2,1-2H3,(H2,11,13). The van der Waals surface area contributed by atoms with Crippen molar-refractivity contribution in [3.8, 4) is 0 Å². The van der Waals surface area contributed by atoms with Gasteiger partial charge in [0, 0.05) is 19.0 Å². The summed E-state index contributed by atoms with van der Waals surface area (Å²) in [6.07, 6.45) is 1.19. The van der Waals surface area contributed by atoms with Crippen LogP contribution in [0.1, 0.15) is 26.7 Å². The van der Waals surface area contributed by atoms with Gasteiger partial charge in [0.25, 0.3) is 5.91 Å². The molecule has 0 radical (unpaired) electrons. The third-order valence-corrected chi connectivity index (χ3v) is 2.71. The zero-order chi connectivity index (χ0) is 11.6. The highest BCUT2D eigenvalue weighted by Crippen LogP contribution is 2.19. The van der Waals surface area contributed by atoms with Gasteiger partial charge >= 0.3 is 0 Å². The van der Waals surface area contributed by atoms with Crippen LogP contribution in [-0.4, -0.2) is 40.5 Å². The largest absolute Gasteiger partial charge is 0.381 e. The van der Waals surface area contributed by atoms with E-state index in [-0.39, 0.29) is 17.7 Å². The van der Waals surface area contributed by atoms with Crippen molar-refractivity contribution in [2.75, 3.05) is 13.1 Å². The van der Waals surface area contributed by atoms with Crippen LogP contribution in [0.15, 0.2) is 0 Å². The van der Waals surface area contributed by atoms with E-state index in [2.05, 4.69) is 0 Å². The van der Waals surface area contributed by atoms with Gasteiger partial charge in [-0.2, -0.15) is 0 Å². The molecule has 1 saturated heterocycles. The second-order valence-electron chi connectivity index (χ2n) is 4.53. The summed E-state index contributed by atoms with van der Waals surface area (Å²) < 4.78 is 0. The molecule has 0 bridgehead atoms. The molecule has 15 heavy (non-hydrogen) atoms. The Morgan fingerprint density at radius 2 is 1.80 bits per heavy atom. The summed E-state index contributed by atoms with van der Waals surface area (Å²) in [5.74, 6) is -0.716. The first-order valence-electron chi connectivity index (χ1n) is 5.13. The number of nitrogens with two attached hydrogens (primary N) is 1. The van der Waals surface area contributed by atoms with Crippen molar-refractivity contribution in [3.05, 3.63) is 0 Å². The maximum atomic E-state index is 11.7. The van der Waals surface area contributed by atoms with E-state index in [0.717, 1.165) is 0 Å². The molecule has 1 heterocycles. The number of hydrogen-bond donors (Lipinski definition) is 2. The van der Waals surface area contributed by atoms with Gasteiger partial charge in [-0.3, -0.25) is 9.59 Å². The highest BCUT2D eigenvalue weighted by atomic mass is 16.3. The molecule has 0 aliphatic carbocycles. The van der Waals surface area contributed by atoms with Crippen molar-refractivity contribution < 1.29 is 14.7 Å². The van der Waals surface area contributed by atoms with Crippen LogP contribution in [0, 0.1) is 5.92 Å². The second-order valence-corrected chi connectivity index (χ2v) is 4.53. The summed E-state index contributed by atoms with van der Waals surface area (Å²) in [6.45, 7) is 3.93. The first-order chi connectivity index (χ1) is 6.82. The number of hydrogen-bond acceptors (Lipinski definition) is 3. The van der Waals surface area contributed by atoms with E-state index < -0.39 is 5.60 Å². The lowest BCUT2D eigenvalue weighted by atomic mass is 9.95. The molecule has 0 aromatic heterocycles. The molecule has 2 amide bonds. The monoisotopic (exact) mass is 214 g/mol. The Morgan fingerprint density at radius 3 is 2.13 bits per heavy atom. The van der Waals surface area contributed by atoms with E-state index >= 15 is 0 Å². The van der Waals surface area contributed by atoms with E-state index in [4.69, 9.17) is 5.73 Å². The fourth-order valence-electron chi connectivity index (χ4n) is 1.75. The normalized spacial score (nSPS) is 19.0. The zero-order valence-electron chi connectivity index (χ0n) is 9.19. The summed E-state index contributed by atoms with van der Waals surface area (Å²) in [5, 5.41) is 9.53. The Kier molecular flexibility index (Phi) is 3.34. The summed E-state index contributed by atoms with van der Waals surface area (Å²) in [4.78, 5) is 24.1. The van der Waals surface area contributed by atoms with Crippen LogP contribution in [0.2, 0.25) is 0 Å². The SMILES string of the molecule is CC(C)(O)C(=O)N1CCC(C(N)=O)CC1. The van der Waals surface area contributed by atoms with Gasteiger partial charge in [0.1, 0.15) is 5.60 Å². The van der Waals surface area contributed by atoms with Crippen LogP contribution in [0.5, 0.6) is 0 Å². The minimum absolute atomic E-state index is 0.129. The van der Waals surface area contributed by atoms with Crippen molar-refractivity contribution in [1.82, 2.24) is 4.90 Å². The molecule has 1 fully saturated rings. The smallest absolute Gasteiger partial charge is 0.253 e. The van der Waals surface area contributed by atoms with Gasteiger partial charge in [-0.15, -0.1) is 0 Å².